The number of nitrogens with two attached hydrogens (primary N) is 1. The third-order valence-electron chi connectivity index (χ3n) is 2.31. The van der Waals surface area contributed by atoms with Crippen LogP contribution < -0.4 is 15.8 Å². The van der Waals surface area contributed by atoms with Crippen molar-refractivity contribution < 1.29 is 9.53 Å². The highest BCUT2D eigenvalue weighted by atomic mass is 32.1. The normalized spacial score (nSPS) is 12.0. The van der Waals surface area contributed by atoms with Crippen molar-refractivity contribution in [3.05, 3.63) is 24.3 Å². The van der Waals surface area contributed by atoms with Gasteiger partial charge in [-0.25, -0.2) is 0 Å². The van der Waals surface area contributed by atoms with E-state index in [0.717, 1.165) is 5.75 Å². The zero-order valence-electron chi connectivity index (χ0n) is 10.8. The molecule has 5 heteroatoms. The molecule has 0 aromatic heterocycles. The predicted molar refractivity (Wildman–Crippen MR) is 76.8 cm³/mol. The average molecular weight is 266 g/mol. The van der Waals surface area contributed by atoms with Crippen LogP contribution in [0.25, 0.3) is 0 Å². The molecule has 18 heavy (non-hydrogen) atoms. The zero-order valence-corrected chi connectivity index (χ0v) is 11.6. The van der Waals surface area contributed by atoms with Crippen LogP contribution in [0.4, 0.5) is 5.69 Å². The molecule has 1 amide bonds. The van der Waals surface area contributed by atoms with Crippen LogP contribution in [-0.2, 0) is 4.79 Å². The molecule has 0 fully saturated rings. The summed E-state index contributed by atoms with van der Waals surface area (Å²) >= 11 is 4.78. The molecule has 0 saturated heterocycles. The average Bonchev–Trinajstić information content (AvgIpc) is 2.29. The van der Waals surface area contributed by atoms with Gasteiger partial charge in [-0.05, 0) is 45.0 Å². The van der Waals surface area contributed by atoms with E-state index in [1.54, 1.807) is 31.2 Å². The van der Waals surface area contributed by atoms with Crippen LogP contribution in [0.5, 0.6) is 5.75 Å². The molecule has 3 N–H and O–H groups in total. The molecule has 1 aromatic rings. The molecule has 0 aliphatic rings. The fourth-order valence-electron chi connectivity index (χ4n) is 1.27. The van der Waals surface area contributed by atoms with Gasteiger partial charge < -0.3 is 15.8 Å². The number of carbonyl (C=O) groups excluding carboxylic acids is 1. The van der Waals surface area contributed by atoms with Gasteiger partial charge in [-0.1, -0.05) is 12.2 Å². The number of anilines is 1. The fourth-order valence-corrected chi connectivity index (χ4v) is 1.38. The van der Waals surface area contributed by atoms with E-state index in [4.69, 9.17) is 22.7 Å². The van der Waals surface area contributed by atoms with Crippen LogP contribution in [0.2, 0.25) is 0 Å². The van der Waals surface area contributed by atoms with Crippen LogP contribution in [0.1, 0.15) is 20.8 Å². The summed E-state index contributed by atoms with van der Waals surface area (Å²) in [4.78, 5) is 11.9. The monoisotopic (exact) mass is 266 g/mol. The molecule has 0 radical (unpaired) electrons. The topological polar surface area (TPSA) is 64.3 Å². The van der Waals surface area contributed by atoms with Crippen LogP contribution in [-0.4, -0.2) is 17.0 Å². The molecule has 1 atom stereocenters. The maximum atomic E-state index is 11.7. The summed E-state index contributed by atoms with van der Waals surface area (Å²) in [5.74, 6) is 0.0806. The number of rotatable bonds is 5. The number of ether oxygens (including phenoxy) is 1. The van der Waals surface area contributed by atoms with Crippen LogP contribution in [0.15, 0.2) is 24.3 Å². The summed E-state index contributed by atoms with van der Waals surface area (Å²) in [6.07, 6.45) is 0.125. The van der Waals surface area contributed by atoms with E-state index in [2.05, 4.69) is 5.32 Å². The Morgan fingerprint density at radius 3 is 2.28 bits per heavy atom. The number of hydrogen-bond donors (Lipinski definition) is 2. The van der Waals surface area contributed by atoms with Crippen molar-refractivity contribution >= 4 is 28.8 Å². The summed E-state index contributed by atoms with van der Waals surface area (Å²) in [6, 6.07) is 7.17. The third kappa shape index (κ3) is 4.33. The Morgan fingerprint density at radius 1 is 1.28 bits per heavy atom. The summed E-state index contributed by atoms with van der Waals surface area (Å²) in [5, 5.41) is 2.74. The molecule has 0 bridgehead atoms. The van der Waals surface area contributed by atoms with Gasteiger partial charge in [0.05, 0.1) is 17.0 Å². The Labute approximate surface area is 113 Å². The summed E-state index contributed by atoms with van der Waals surface area (Å²) < 4.78 is 5.51. The predicted octanol–water partition coefficient (Wildman–Crippen LogP) is 2.33. The summed E-state index contributed by atoms with van der Waals surface area (Å²) in [7, 11) is 0. The van der Waals surface area contributed by atoms with E-state index >= 15 is 0 Å². The number of hydrogen-bond acceptors (Lipinski definition) is 3. The maximum Gasteiger partial charge on any atom is 0.234 e. The molecule has 0 aliphatic carbocycles. The molecule has 0 heterocycles. The van der Waals surface area contributed by atoms with E-state index in [1.165, 1.54) is 0 Å². The third-order valence-corrected chi connectivity index (χ3v) is 2.67. The van der Waals surface area contributed by atoms with Gasteiger partial charge in [-0.3, -0.25) is 4.79 Å². The van der Waals surface area contributed by atoms with Crippen molar-refractivity contribution in [1.29, 1.82) is 0 Å². The van der Waals surface area contributed by atoms with Gasteiger partial charge in [0.15, 0.2) is 0 Å². The van der Waals surface area contributed by atoms with Crippen molar-refractivity contribution in [2.45, 2.75) is 26.9 Å². The van der Waals surface area contributed by atoms with Crippen molar-refractivity contribution in [3.63, 3.8) is 0 Å². The molecule has 98 valence electrons. The van der Waals surface area contributed by atoms with Gasteiger partial charge in [-0.2, -0.15) is 0 Å². The largest absolute Gasteiger partial charge is 0.491 e. The smallest absolute Gasteiger partial charge is 0.234 e. The quantitative estimate of drug-likeness (QED) is 0.803. The number of nitrogens with one attached hydrogen (secondary N) is 1. The standard InChI is InChI=1S/C13H18N2O2S/c1-8(2)17-11-6-4-10(5-7-11)15-13(16)9(3)12(14)18/h4-9H,1-3H3,(H2,14,18)(H,15,16). The zero-order chi connectivity index (χ0) is 13.7. The second-order valence-corrected chi connectivity index (χ2v) is 4.78. The minimum absolute atomic E-state index is 0.125. The molecule has 0 aliphatic heterocycles. The molecule has 0 saturated carbocycles. The highest BCUT2D eigenvalue weighted by Gasteiger charge is 2.15. The fraction of sp³-hybridized carbons (Fsp3) is 0.385. The van der Waals surface area contributed by atoms with Crippen molar-refractivity contribution in [2.24, 2.45) is 11.7 Å². The molecular formula is C13H18N2O2S. The second kappa shape index (κ2) is 6.35. The minimum atomic E-state index is -0.480. The van der Waals surface area contributed by atoms with E-state index < -0.39 is 5.92 Å². The van der Waals surface area contributed by atoms with Crippen molar-refractivity contribution in [1.82, 2.24) is 0 Å². The lowest BCUT2D eigenvalue weighted by molar-refractivity contribution is -0.117. The first-order chi connectivity index (χ1) is 8.40. The van der Waals surface area contributed by atoms with Gasteiger partial charge >= 0.3 is 0 Å². The summed E-state index contributed by atoms with van der Waals surface area (Å²) in [6.45, 7) is 5.59. The number of benzene rings is 1. The first-order valence-electron chi connectivity index (χ1n) is 5.77. The lowest BCUT2D eigenvalue weighted by Crippen LogP contribution is -2.30. The van der Waals surface area contributed by atoms with Gasteiger partial charge in [-0.15, -0.1) is 0 Å². The Bertz CT molecular complexity index is 429. The number of carbonyl (C=O) groups is 1. The lowest BCUT2D eigenvalue weighted by Gasteiger charge is -2.12. The first-order valence-corrected chi connectivity index (χ1v) is 6.18. The van der Waals surface area contributed by atoms with Gasteiger partial charge in [0, 0.05) is 5.69 Å². The van der Waals surface area contributed by atoms with Crippen molar-refractivity contribution in [3.8, 4) is 5.75 Å². The molecule has 1 rings (SSSR count). The van der Waals surface area contributed by atoms with Gasteiger partial charge in [0.2, 0.25) is 5.91 Å². The molecule has 1 aromatic carbocycles. The van der Waals surface area contributed by atoms with Gasteiger partial charge in [0.1, 0.15) is 5.75 Å². The molecule has 4 nitrogen and oxygen atoms in total. The Balaban J connectivity index is 2.64. The Morgan fingerprint density at radius 2 is 1.83 bits per heavy atom. The highest BCUT2D eigenvalue weighted by Crippen LogP contribution is 2.17. The SMILES string of the molecule is CC(C)Oc1ccc(NC(=O)C(C)C(N)=S)cc1. The second-order valence-electron chi connectivity index (χ2n) is 4.30. The molecular weight excluding hydrogens is 248 g/mol. The van der Waals surface area contributed by atoms with Crippen LogP contribution in [0.3, 0.4) is 0 Å². The Kier molecular flexibility index (Phi) is 5.09. The Hall–Kier alpha value is -1.62. The molecule has 0 spiro atoms. The molecule has 1 unspecified atom stereocenters. The number of amides is 1. The van der Waals surface area contributed by atoms with E-state index in [0.29, 0.717) is 5.69 Å². The first kappa shape index (κ1) is 14.4. The van der Waals surface area contributed by atoms with E-state index in [1.807, 2.05) is 13.8 Å². The number of thiocarbonyl (C=S) groups is 1. The van der Waals surface area contributed by atoms with Gasteiger partial charge in [0.25, 0.3) is 0 Å². The van der Waals surface area contributed by atoms with E-state index in [-0.39, 0.29) is 17.0 Å². The van der Waals surface area contributed by atoms with Crippen molar-refractivity contribution in [2.75, 3.05) is 5.32 Å². The van der Waals surface area contributed by atoms with Crippen LogP contribution >= 0.6 is 12.2 Å². The highest BCUT2D eigenvalue weighted by molar-refractivity contribution is 7.80. The minimum Gasteiger partial charge on any atom is -0.491 e. The van der Waals surface area contributed by atoms with E-state index in [9.17, 15) is 4.79 Å². The summed E-state index contributed by atoms with van der Waals surface area (Å²) in [5.41, 5.74) is 6.11. The van der Waals surface area contributed by atoms with Crippen LogP contribution in [0, 0.1) is 5.92 Å². The maximum absolute atomic E-state index is 11.7. The lowest BCUT2D eigenvalue weighted by atomic mass is 10.1.